The second kappa shape index (κ2) is 9.94. The zero-order chi connectivity index (χ0) is 23.2. The molecule has 1 radical (unpaired) electrons. The van der Waals surface area contributed by atoms with Crippen molar-refractivity contribution in [3.63, 3.8) is 0 Å². The molecule has 2 aliphatic heterocycles. The SMILES string of the molecule is C[CH]CC(CCCC(C(=O)O)C1(c2ccccc2)C=NN=N1)C1(c2ccccc2)C=NN=N1. The third kappa shape index (κ3) is 4.37. The summed E-state index contributed by atoms with van der Waals surface area (Å²) in [7, 11) is 0. The van der Waals surface area contributed by atoms with Crippen LogP contribution in [0.25, 0.3) is 0 Å². The third-order valence-electron chi connectivity index (χ3n) is 6.52. The predicted molar refractivity (Wildman–Crippen MR) is 126 cm³/mol. The normalized spacial score (nSPS) is 24.9. The first-order chi connectivity index (χ1) is 16.1. The van der Waals surface area contributed by atoms with Crippen molar-refractivity contribution in [1.29, 1.82) is 0 Å². The molecule has 2 aliphatic rings. The number of hydrogen-bond acceptors (Lipinski definition) is 7. The number of carbonyl (C=O) groups is 1. The Morgan fingerprint density at radius 3 is 1.91 bits per heavy atom. The second-order valence-electron chi connectivity index (χ2n) is 8.41. The van der Waals surface area contributed by atoms with E-state index in [1.165, 1.54) is 0 Å². The van der Waals surface area contributed by atoms with Crippen molar-refractivity contribution in [2.75, 3.05) is 0 Å². The predicted octanol–water partition coefficient (Wildman–Crippen LogP) is 5.78. The lowest BCUT2D eigenvalue weighted by Gasteiger charge is -2.33. The van der Waals surface area contributed by atoms with Crippen LogP contribution in [-0.4, -0.2) is 23.5 Å². The number of hydrogen-bond donors (Lipinski definition) is 1. The van der Waals surface area contributed by atoms with Gasteiger partial charge in [-0.3, -0.25) is 4.79 Å². The highest BCUT2D eigenvalue weighted by Crippen LogP contribution is 2.43. The lowest BCUT2D eigenvalue weighted by atomic mass is 9.73. The van der Waals surface area contributed by atoms with E-state index < -0.39 is 23.0 Å². The third-order valence-corrected chi connectivity index (χ3v) is 6.52. The number of carboxylic acid groups (broad SMARTS) is 1. The van der Waals surface area contributed by atoms with Crippen LogP contribution < -0.4 is 0 Å². The Morgan fingerprint density at radius 2 is 1.42 bits per heavy atom. The molecule has 0 spiro atoms. The van der Waals surface area contributed by atoms with E-state index in [0.29, 0.717) is 12.8 Å². The summed E-state index contributed by atoms with van der Waals surface area (Å²) in [6, 6.07) is 19.4. The summed E-state index contributed by atoms with van der Waals surface area (Å²) in [6.45, 7) is 2.02. The van der Waals surface area contributed by atoms with Crippen molar-refractivity contribution >= 4 is 18.4 Å². The quantitative estimate of drug-likeness (QED) is 0.474. The van der Waals surface area contributed by atoms with Crippen LogP contribution in [0.1, 0.15) is 43.7 Å². The van der Waals surface area contributed by atoms with Gasteiger partial charge in [0.05, 0.1) is 18.3 Å². The van der Waals surface area contributed by atoms with E-state index in [1.54, 1.807) is 6.21 Å². The maximum atomic E-state index is 12.4. The first kappa shape index (κ1) is 22.6. The first-order valence-electron chi connectivity index (χ1n) is 11.2. The Kier molecular flexibility index (Phi) is 6.82. The van der Waals surface area contributed by atoms with Gasteiger partial charge >= 0.3 is 5.97 Å². The molecule has 4 atom stereocenters. The number of nitrogens with zero attached hydrogens (tertiary/aromatic N) is 6. The summed E-state index contributed by atoms with van der Waals surface area (Å²) in [5.74, 6) is -1.60. The van der Waals surface area contributed by atoms with Crippen LogP contribution >= 0.6 is 0 Å². The fourth-order valence-electron chi connectivity index (χ4n) is 4.84. The molecule has 0 bridgehead atoms. The molecular formula is C25H27N6O2. The topological polar surface area (TPSA) is 111 Å². The van der Waals surface area contributed by atoms with Crippen LogP contribution in [-0.2, 0) is 15.9 Å². The van der Waals surface area contributed by atoms with Crippen LogP contribution in [0.15, 0.2) is 91.5 Å². The molecule has 2 heterocycles. The summed E-state index contributed by atoms with van der Waals surface area (Å²) in [5, 5.41) is 34.7. The number of benzene rings is 2. The summed E-state index contributed by atoms with van der Waals surface area (Å²) in [6.07, 6.45) is 8.15. The molecular weight excluding hydrogens is 416 g/mol. The van der Waals surface area contributed by atoms with Crippen molar-refractivity contribution in [2.24, 2.45) is 42.7 Å². The van der Waals surface area contributed by atoms with Gasteiger partial charge in [0.1, 0.15) is 5.54 Å². The van der Waals surface area contributed by atoms with Gasteiger partial charge in [-0.15, -0.1) is 10.2 Å². The van der Waals surface area contributed by atoms with Crippen molar-refractivity contribution in [3.8, 4) is 0 Å². The highest BCUT2D eigenvalue weighted by Gasteiger charge is 2.47. The maximum Gasteiger partial charge on any atom is 0.309 e. The molecule has 0 fully saturated rings. The molecule has 8 nitrogen and oxygen atoms in total. The Balaban J connectivity index is 1.56. The van der Waals surface area contributed by atoms with Crippen molar-refractivity contribution in [3.05, 3.63) is 78.2 Å². The summed E-state index contributed by atoms with van der Waals surface area (Å²) in [4.78, 5) is 12.4. The minimum Gasteiger partial charge on any atom is -0.481 e. The molecule has 0 saturated carbocycles. The number of carboxylic acids is 1. The Hall–Kier alpha value is -3.55. The smallest absolute Gasteiger partial charge is 0.309 e. The second-order valence-corrected chi connectivity index (χ2v) is 8.41. The van der Waals surface area contributed by atoms with Gasteiger partial charge in [-0.1, -0.05) is 74.0 Å². The van der Waals surface area contributed by atoms with E-state index in [1.807, 2.05) is 73.8 Å². The van der Waals surface area contributed by atoms with E-state index in [-0.39, 0.29) is 5.92 Å². The molecule has 2 aromatic rings. The van der Waals surface area contributed by atoms with Gasteiger partial charge in [0, 0.05) is 0 Å². The van der Waals surface area contributed by atoms with Crippen molar-refractivity contribution in [2.45, 2.75) is 43.7 Å². The molecule has 33 heavy (non-hydrogen) atoms. The van der Waals surface area contributed by atoms with Gasteiger partial charge in [0.15, 0.2) is 5.54 Å². The zero-order valence-corrected chi connectivity index (χ0v) is 18.5. The molecule has 0 amide bonds. The lowest BCUT2D eigenvalue weighted by molar-refractivity contribution is -0.143. The molecule has 169 valence electrons. The highest BCUT2D eigenvalue weighted by atomic mass is 16.4. The van der Waals surface area contributed by atoms with E-state index in [9.17, 15) is 9.90 Å². The van der Waals surface area contributed by atoms with Gasteiger partial charge < -0.3 is 5.11 Å². The molecule has 4 rings (SSSR count). The first-order valence-corrected chi connectivity index (χ1v) is 11.2. The Labute approximate surface area is 193 Å². The minimum absolute atomic E-state index is 0.0980. The van der Waals surface area contributed by atoms with E-state index in [2.05, 4.69) is 37.3 Å². The number of rotatable bonds is 11. The number of aliphatic carboxylic acids is 1. The molecule has 1 N–H and O–H groups in total. The minimum atomic E-state index is -1.09. The van der Waals surface area contributed by atoms with Crippen LogP contribution in [0.3, 0.4) is 0 Å². The largest absolute Gasteiger partial charge is 0.481 e. The van der Waals surface area contributed by atoms with E-state index >= 15 is 0 Å². The lowest BCUT2D eigenvalue weighted by Crippen LogP contribution is -2.39. The molecule has 0 saturated heterocycles. The van der Waals surface area contributed by atoms with Crippen molar-refractivity contribution < 1.29 is 9.90 Å². The fraction of sp³-hybridized carbons (Fsp3) is 0.360. The van der Waals surface area contributed by atoms with Gasteiger partial charge in [-0.25, -0.2) is 0 Å². The Bertz CT molecular complexity index is 1040. The van der Waals surface area contributed by atoms with Crippen LogP contribution in [0.5, 0.6) is 0 Å². The highest BCUT2D eigenvalue weighted by molar-refractivity contribution is 5.84. The van der Waals surface area contributed by atoms with Crippen LogP contribution in [0, 0.1) is 18.3 Å². The Morgan fingerprint density at radius 1 is 0.879 bits per heavy atom. The van der Waals surface area contributed by atoms with Crippen LogP contribution in [0.2, 0.25) is 0 Å². The summed E-state index contributed by atoms with van der Waals surface area (Å²) in [5.41, 5.74) is 0.0796. The molecule has 4 unspecified atom stereocenters. The monoisotopic (exact) mass is 443 g/mol. The zero-order valence-electron chi connectivity index (χ0n) is 18.5. The molecule has 8 heteroatoms. The van der Waals surface area contributed by atoms with Gasteiger partial charge in [0.25, 0.3) is 0 Å². The standard InChI is InChI=1S/C25H27N6O2/c1-2-10-19(24(17-26-30-28-24)20-11-5-3-6-12-20)15-9-16-22(23(32)33)25(18-27-31-29-25)21-13-7-4-8-14-21/h2-8,11-14,17-19,22H,9-10,15-16H2,1H3,(H,32,33). The van der Waals surface area contributed by atoms with E-state index in [4.69, 9.17) is 0 Å². The molecule has 0 aromatic heterocycles. The molecule has 0 aliphatic carbocycles. The van der Waals surface area contributed by atoms with Gasteiger partial charge in [0.2, 0.25) is 0 Å². The maximum absolute atomic E-state index is 12.4. The summed E-state index contributed by atoms with van der Waals surface area (Å²) < 4.78 is 0. The van der Waals surface area contributed by atoms with Crippen molar-refractivity contribution in [1.82, 2.24) is 0 Å². The average molecular weight is 444 g/mol. The fourth-order valence-corrected chi connectivity index (χ4v) is 4.84. The van der Waals surface area contributed by atoms with E-state index in [0.717, 1.165) is 24.0 Å². The molecule has 2 aromatic carbocycles. The summed E-state index contributed by atoms with van der Waals surface area (Å²) >= 11 is 0. The van der Waals surface area contributed by atoms with Gasteiger partial charge in [-0.05, 0) is 53.2 Å². The van der Waals surface area contributed by atoms with Gasteiger partial charge in [-0.2, -0.15) is 10.2 Å². The average Bonchev–Trinajstić information content (AvgIpc) is 3.54. The van der Waals surface area contributed by atoms with Crippen LogP contribution in [0.4, 0.5) is 0 Å².